The molecule has 1 aliphatic heterocycles. The van der Waals surface area contributed by atoms with Crippen LogP contribution in [0.5, 0.6) is 0 Å². The minimum Gasteiger partial charge on any atom is -0.343 e. The van der Waals surface area contributed by atoms with E-state index in [0.29, 0.717) is 23.8 Å². The number of hydrogen-bond acceptors (Lipinski definition) is 5. The van der Waals surface area contributed by atoms with Crippen molar-refractivity contribution in [3.05, 3.63) is 30.3 Å². The topological polar surface area (TPSA) is 72.1 Å². The summed E-state index contributed by atoms with van der Waals surface area (Å²) in [6.45, 7) is 7.78. The van der Waals surface area contributed by atoms with Gasteiger partial charge in [-0.3, -0.25) is 9.78 Å². The molecule has 1 fully saturated rings. The molecule has 1 amide bonds. The van der Waals surface area contributed by atoms with E-state index >= 15 is 0 Å². The molecule has 24 heavy (non-hydrogen) atoms. The van der Waals surface area contributed by atoms with E-state index in [2.05, 4.69) is 35.9 Å². The van der Waals surface area contributed by atoms with Gasteiger partial charge in [-0.15, -0.1) is 0 Å². The zero-order valence-corrected chi connectivity index (χ0v) is 14.5. The normalized spacial score (nSPS) is 16.4. The summed E-state index contributed by atoms with van der Waals surface area (Å²) in [7, 11) is 0. The quantitative estimate of drug-likeness (QED) is 0.864. The van der Waals surface area contributed by atoms with Crippen LogP contribution in [0.15, 0.2) is 28.9 Å². The highest BCUT2D eigenvalue weighted by molar-refractivity contribution is 5.76. The Bertz CT molecular complexity index is 683. The fourth-order valence-corrected chi connectivity index (χ4v) is 2.94. The molecule has 0 spiro atoms. The molecule has 128 valence electrons. The molecule has 1 saturated heterocycles. The molecule has 6 nitrogen and oxygen atoms in total. The van der Waals surface area contributed by atoms with E-state index in [1.54, 1.807) is 6.20 Å². The summed E-state index contributed by atoms with van der Waals surface area (Å²) in [4.78, 5) is 23.0. The number of nitrogens with zero attached hydrogens (tertiary/aromatic N) is 4. The number of rotatable bonds is 3. The van der Waals surface area contributed by atoms with Gasteiger partial charge in [-0.25, -0.2) is 0 Å². The maximum Gasteiger partial charge on any atom is 0.230 e. The Kier molecular flexibility index (Phi) is 4.64. The van der Waals surface area contributed by atoms with Crippen LogP contribution < -0.4 is 0 Å². The standard InChI is InChI=1S/C18H24N4O2/c1-18(2,3)12-15(23)22-10-7-13(8-11-22)17-20-16(21-24-17)14-6-4-5-9-19-14/h4-6,9,13H,7-8,10-12H2,1-3H3. The van der Waals surface area contributed by atoms with Crippen molar-refractivity contribution in [3.63, 3.8) is 0 Å². The van der Waals surface area contributed by atoms with E-state index in [4.69, 9.17) is 4.52 Å². The van der Waals surface area contributed by atoms with Gasteiger partial charge >= 0.3 is 0 Å². The van der Waals surface area contributed by atoms with Gasteiger partial charge in [0, 0.05) is 31.6 Å². The highest BCUT2D eigenvalue weighted by atomic mass is 16.5. The molecule has 0 N–H and O–H groups in total. The summed E-state index contributed by atoms with van der Waals surface area (Å²) in [5.74, 6) is 1.63. The molecule has 1 aliphatic rings. The van der Waals surface area contributed by atoms with Crippen LogP contribution in [0.4, 0.5) is 0 Å². The van der Waals surface area contributed by atoms with E-state index < -0.39 is 0 Å². The average Bonchev–Trinajstić information content (AvgIpc) is 3.04. The lowest BCUT2D eigenvalue weighted by molar-refractivity contribution is -0.134. The second-order valence-electron chi connectivity index (χ2n) is 7.56. The predicted molar refractivity (Wildman–Crippen MR) is 90.2 cm³/mol. The van der Waals surface area contributed by atoms with E-state index in [1.807, 2.05) is 23.1 Å². The Morgan fingerprint density at radius 3 is 2.67 bits per heavy atom. The van der Waals surface area contributed by atoms with Gasteiger partial charge in [0.15, 0.2) is 0 Å². The fourth-order valence-electron chi connectivity index (χ4n) is 2.94. The molecule has 2 aromatic heterocycles. The predicted octanol–water partition coefficient (Wildman–Crippen LogP) is 3.27. The smallest absolute Gasteiger partial charge is 0.230 e. The largest absolute Gasteiger partial charge is 0.343 e. The molecule has 0 aliphatic carbocycles. The van der Waals surface area contributed by atoms with Crippen LogP contribution in [0.2, 0.25) is 0 Å². The number of carbonyl (C=O) groups excluding carboxylic acids is 1. The van der Waals surface area contributed by atoms with Gasteiger partial charge in [-0.2, -0.15) is 4.98 Å². The number of likely N-dealkylation sites (tertiary alicyclic amines) is 1. The van der Waals surface area contributed by atoms with Crippen LogP contribution in [0.25, 0.3) is 11.5 Å². The molecule has 0 saturated carbocycles. The number of aromatic nitrogens is 3. The number of piperidine rings is 1. The molecule has 0 aromatic carbocycles. The molecule has 0 unspecified atom stereocenters. The van der Waals surface area contributed by atoms with E-state index in [-0.39, 0.29) is 17.2 Å². The molecule has 6 heteroatoms. The van der Waals surface area contributed by atoms with Crippen LogP contribution in [0.3, 0.4) is 0 Å². The highest BCUT2D eigenvalue weighted by Crippen LogP contribution is 2.29. The molecular weight excluding hydrogens is 304 g/mol. The summed E-state index contributed by atoms with van der Waals surface area (Å²) in [5, 5.41) is 4.04. The Morgan fingerprint density at radius 1 is 1.29 bits per heavy atom. The Hall–Kier alpha value is -2.24. The van der Waals surface area contributed by atoms with Crippen molar-refractivity contribution in [3.8, 4) is 11.5 Å². The maximum atomic E-state index is 12.3. The number of carbonyl (C=O) groups is 1. The lowest BCUT2D eigenvalue weighted by atomic mass is 9.90. The van der Waals surface area contributed by atoms with Crippen molar-refractivity contribution in [2.45, 2.75) is 46.0 Å². The van der Waals surface area contributed by atoms with Gasteiger partial charge in [0.1, 0.15) is 5.69 Å². The van der Waals surface area contributed by atoms with Crippen molar-refractivity contribution in [2.75, 3.05) is 13.1 Å². The van der Waals surface area contributed by atoms with Crippen molar-refractivity contribution in [1.82, 2.24) is 20.0 Å². The van der Waals surface area contributed by atoms with E-state index in [1.165, 1.54) is 0 Å². The van der Waals surface area contributed by atoms with Gasteiger partial charge in [0.2, 0.25) is 17.6 Å². The second kappa shape index (κ2) is 6.71. The zero-order valence-electron chi connectivity index (χ0n) is 14.5. The van der Waals surface area contributed by atoms with E-state index in [9.17, 15) is 4.79 Å². The lowest BCUT2D eigenvalue weighted by Gasteiger charge is -2.32. The molecule has 2 aromatic rings. The third-order valence-electron chi connectivity index (χ3n) is 4.21. The Labute approximate surface area is 142 Å². The third kappa shape index (κ3) is 3.99. The van der Waals surface area contributed by atoms with Gasteiger partial charge in [0.05, 0.1) is 0 Å². The minimum absolute atomic E-state index is 0.0258. The van der Waals surface area contributed by atoms with Crippen molar-refractivity contribution in [1.29, 1.82) is 0 Å². The summed E-state index contributed by atoms with van der Waals surface area (Å²) < 4.78 is 5.43. The number of hydrogen-bond donors (Lipinski definition) is 0. The Morgan fingerprint density at radius 2 is 2.04 bits per heavy atom. The van der Waals surface area contributed by atoms with Crippen LogP contribution in [0, 0.1) is 5.41 Å². The van der Waals surface area contributed by atoms with Crippen LogP contribution in [-0.4, -0.2) is 39.0 Å². The molecule has 3 heterocycles. The first-order valence-electron chi connectivity index (χ1n) is 8.45. The molecule has 0 radical (unpaired) electrons. The lowest BCUT2D eigenvalue weighted by Crippen LogP contribution is -2.39. The summed E-state index contributed by atoms with van der Waals surface area (Å²) in [6.07, 6.45) is 4.02. The van der Waals surface area contributed by atoms with E-state index in [0.717, 1.165) is 25.9 Å². The molecule has 0 bridgehead atoms. The second-order valence-corrected chi connectivity index (χ2v) is 7.56. The molecule has 3 rings (SSSR count). The van der Waals surface area contributed by atoms with Crippen LogP contribution in [0.1, 0.15) is 51.8 Å². The Balaban J connectivity index is 1.59. The van der Waals surface area contributed by atoms with Crippen LogP contribution >= 0.6 is 0 Å². The molecular formula is C18H24N4O2. The van der Waals surface area contributed by atoms with Crippen molar-refractivity contribution >= 4 is 5.91 Å². The summed E-state index contributed by atoms with van der Waals surface area (Å²) in [6, 6.07) is 5.62. The highest BCUT2D eigenvalue weighted by Gasteiger charge is 2.29. The minimum atomic E-state index is 0.0258. The number of pyridine rings is 1. The summed E-state index contributed by atoms with van der Waals surface area (Å²) >= 11 is 0. The maximum absolute atomic E-state index is 12.3. The van der Waals surface area contributed by atoms with Crippen LogP contribution in [-0.2, 0) is 4.79 Å². The monoisotopic (exact) mass is 328 g/mol. The van der Waals surface area contributed by atoms with Gasteiger partial charge < -0.3 is 9.42 Å². The van der Waals surface area contributed by atoms with Gasteiger partial charge in [0.25, 0.3) is 0 Å². The first-order chi connectivity index (χ1) is 11.4. The average molecular weight is 328 g/mol. The van der Waals surface area contributed by atoms with Crippen molar-refractivity contribution in [2.24, 2.45) is 5.41 Å². The van der Waals surface area contributed by atoms with Gasteiger partial charge in [-0.05, 0) is 30.4 Å². The fraction of sp³-hybridized carbons (Fsp3) is 0.556. The summed E-state index contributed by atoms with van der Waals surface area (Å²) in [5.41, 5.74) is 0.739. The SMILES string of the molecule is CC(C)(C)CC(=O)N1CCC(c2nc(-c3ccccn3)no2)CC1. The molecule has 0 atom stereocenters. The van der Waals surface area contributed by atoms with Crippen molar-refractivity contribution < 1.29 is 9.32 Å². The number of amides is 1. The zero-order chi connectivity index (χ0) is 17.2. The first kappa shape index (κ1) is 16.6. The van der Waals surface area contributed by atoms with Gasteiger partial charge in [-0.1, -0.05) is 32.0 Å². The first-order valence-corrected chi connectivity index (χ1v) is 8.45. The third-order valence-corrected chi connectivity index (χ3v) is 4.21.